The van der Waals surface area contributed by atoms with Crippen LogP contribution in [0, 0.1) is 5.41 Å². The SMILES string of the molecule is CCOc1cc(CN2CC3(CC(N4CCC(C)(C(=O)[O-])CC4)=NO3)C2)cc(OCC)c1C(F)(F)C(F)(F)F. The minimum atomic E-state index is -5.81. The van der Waals surface area contributed by atoms with Crippen molar-refractivity contribution in [1.82, 2.24) is 9.80 Å². The summed E-state index contributed by atoms with van der Waals surface area (Å²) in [5, 5.41) is 15.6. The highest BCUT2D eigenvalue weighted by Gasteiger charge is 2.61. The second kappa shape index (κ2) is 10.0. The quantitative estimate of drug-likeness (QED) is 0.461. The van der Waals surface area contributed by atoms with Crippen LogP contribution in [0.5, 0.6) is 11.5 Å². The van der Waals surface area contributed by atoms with Crippen molar-refractivity contribution in [3.8, 4) is 11.5 Å². The van der Waals surface area contributed by atoms with E-state index in [0.29, 0.717) is 51.0 Å². The number of carbonyl (C=O) groups is 1. The number of oxime groups is 1. The minimum absolute atomic E-state index is 0.102. The third-order valence-corrected chi connectivity index (χ3v) is 7.37. The van der Waals surface area contributed by atoms with Crippen LogP contribution in [-0.4, -0.2) is 72.8 Å². The summed E-state index contributed by atoms with van der Waals surface area (Å²) in [6.45, 7) is 6.73. The largest absolute Gasteiger partial charge is 0.550 e. The van der Waals surface area contributed by atoms with Gasteiger partial charge in [-0.25, -0.2) is 0 Å². The van der Waals surface area contributed by atoms with Crippen LogP contribution in [0.2, 0.25) is 0 Å². The van der Waals surface area contributed by atoms with Gasteiger partial charge in [0.15, 0.2) is 5.60 Å². The number of carboxylic acids is 1. The molecule has 3 heterocycles. The van der Waals surface area contributed by atoms with E-state index in [9.17, 15) is 31.9 Å². The number of hydrogen-bond acceptors (Lipinski definition) is 8. The van der Waals surface area contributed by atoms with Gasteiger partial charge in [0.2, 0.25) is 0 Å². The zero-order chi connectivity index (χ0) is 27.9. The Labute approximate surface area is 217 Å². The van der Waals surface area contributed by atoms with Gasteiger partial charge in [-0.05, 0) is 44.4 Å². The molecule has 8 nitrogen and oxygen atoms in total. The Balaban J connectivity index is 1.42. The number of ether oxygens (including phenoxy) is 2. The topological polar surface area (TPSA) is 86.7 Å². The van der Waals surface area contributed by atoms with E-state index in [2.05, 4.69) is 5.16 Å². The first-order valence-electron chi connectivity index (χ1n) is 12.5. The molecule has 0 N–H and O–H groups in total. The minimum Gasteiger partial charge on any atom is -0.550 e. The number of rotatable bonds is 8. The predicted octanol–water partition coefficient (Wildman–Crippen LogP) is 3.28. The second-order valence-electron chi connectivity index (χ2n) is 10.3. The molecule has 212 valence electrons. The van der Waals surface area contributed by atoms with E-state index in [1.807, 2.05) is 9.80 Å². The van der Waals surface area contributed by atoms with E-state index >= 15 is 0 Å². The fourth-order valence-electron chi connectivity index (χ4n) is 5.17. The summed E-state index contributed by atoms with van der Waals surface area (Å²) in [6, 6.07) is 2.40. The highest BCUT2D eigenvalue weighted by molar-refractivity contribution is 5.84. The van der Waals surface area contributed by atoms with Crippen LogP contribution in [0.25, 0.3) is 0 Å². The normalized spacial score (nSPS) is 21.1. The van der Waals surface area contributed by atoms with Crippen LogP contribution in [-0.2, 0) is 22.1 Å². The maximum Gasteiger partial charge on any atom is 0.458 e. The molecule has 1 spiro atoms. The van der Waals surface area contributed by atoms with Crippen LogP contribution in [0.4, 0.5) is 22.0 Å². The lowest BCUT2D eigenvalue weighted by Gasteiger charge is -2.46. The molecule has 0 aromatic heterocycles. The predicted molar refractivity (Wildman–Crippen MR) is 124 cm³/mol. The molecule has 3 aliphatic rings. The number of halogens is 5. The average molecular weight is 549 g/mol. The first-order chi connectivity index (χ1) is 17.7. The lowest BCUT2D eigenvalue weighted by atomic mass is 9.80. The number of hydrogen-bond donors (Lipinski definition) is 0. The van der Waals surface area contributed by atoms with E-state index in [1.165, 1.54) is 26.0 Å². The summed E-state index contributed by atoms with van der Waals surface area (Å²) < 4.78 is 78.9. The van der Waals surface area contributed by atoms with E-state index in [0.717, 1.165) is 5.84 Å². The van der Waals surface area contributed by atoms with Gasteiger partial charge in [0, 0.05) is 44.1 Å². The van der Waals surface area contributed by atoms with Crippen molar-refractivity contribution in [3.63, 3.8) is 0 Å². The van der Waals surface area contributed by atoms with Crippen LogP contribution >= 0.6 is 0 Å². The Hall–Kier alpha value is -2.83. The van der Waals surface area contributed by atoms with Crippen molar-refractivity contribution in [1.29, 1.82) is 0 Å². The van der Waals surface area contributed by atoms with E-state index in [-0.39, 0.29) is 19.8 Å². The third-order valence-electron chi connectivity index (χ3n) is 7.37. The summed E-state index contributed by atoms with van der Waals surface area (Å²) in [5.74, 6) is -6.59. The molecule has 0 bridgehead atoms. The van der Waals surface area contributed by atoms with Gasteiger partial charge in [-0.1, -0.05) is 12.1 Å². The first-order valence-corrected chi connectivity index (χ1v) is 12.5. The molecule has 13 heteroatoms. The highest BCUT2D eigenvalue weighted by atomic mass is 19.4. The summed E-state index contributed by atoms with van der Waals surface area (Å²) in [5.41, 5.74) is -2.28. The number of amidine groups is 1. The van der Waals surface area contributed by atoms with Crippen molar-refractivity contribution in [2.24, 2.45) is 10.6 Å². The monoisotopic (exact) mass is 548 g/mol. The molecular weight excluding hydrogens is 517 g/mol. The smallest absolute Gasteiger partial charge is 0.458 e. The first kappa shape index (κ1) is 28.2. The Morgan fingerprint density at radius 3 is 2.11 bits per heavy atom. The number of likely N-dealkylation sites (tertiary alicyclic amines) is 2. The molecule has 2 fully saturated rings. The van der Waals surface area contributed by atoms with Gasteiger partial charge >= 0.3 is 12.1 Å². The zero-order valence-electron chi connectivity index (χ0n) is 21.5. The van der Waals surface area contributed by atoms with Gasteiger partial charge in [-0.15, -0.1) is 0 Å². The van der Waals surface area contributed by atoms with Crippen molar-refractivity contribution in [3.05, 3.63) is 23.3 Å². The molecule has 0 radical (unpaired) electrons. The van der Waals surface area contributed by atoms with Gasteiger partial charge in [-0.3, -0.25) is 4.90 Å². The summed E-state index contributed by atoms with van der Waals surface area (Å²) >= 11 is 0. The third kappa shape index (κ3) is 5.21. The molecule has 0 aliphatic carbocycles. The summed E-state index contributed by atoms with van der Waals surface area (Å²) in [4.78, 5) is 21.1. The summed E-state index contributed by atoms with van der Waals surface area (Å²) in [7, 11) is 0. The molecule has 1 aromatic rings. The van der Waals surface area contributed by atoms with E-state index in [1.54, 1.807) is 6.92 Å². The van der Waals surface area contributed by atoms with Gasteiger partial charge < -0.3 is 29.1 Å². The van der Waals surface area contributed by atoms with Crippen LogP contribution in [0.3, 0.4) is 0 Å². The van der Waals surface area contributed by atoms with Gasteiger partial charge in [-0.2, -0.15) is 22.0 Å². The molecule has 0 atom stereocenters. The lowest BCUT2D eigenvalue weighted by molar-refractivity contribution is -0.320. The van der Waals surface area contributed by atoms with Crippen molar-refractivity contribution < 1.29 is 46.2 Å². The summed E-state index contributed by atoms with van der Waals surface area (Å²) in [6.07, 6.45) is -4.38. The second-order valence-corrected chi connectivity index (χ2v) is 10.3. The number of piperidine rings is 1. The molecule has 3 aliphatic heterocycles. The number of carboxylic acid groups (broad SMARTS) is 1. The zero-order valence-corrected chi connectivity index (χ0v) is 21.5. The number of carbonyl (C=O) groups excluding carboxylic acids is 1. The molecule has 0 amide bonds. The highest BCUT2D eigenvalue weighted by Crippen LogP contribution is 2.51. The molecule has 4 rings (SSSR count). The Morgan fingerprint density at radius 2 is 1.63 bits per heavy atom. The average Bonchev–Trinajstić information content (AvgIpc) is 3.24. The number of alkyl halides is 5. The van der Waals surface area contributed by atoms with Gasteiger partial charge in [0.1, 0.15) is 22.9 Å². The molecule has 0 unspecified atom stereocenters. The van der Waals surface area contributed by atoms with Crippen LogP contribution in [0.1, 0.15) is 51.2 Å². The molecule has 2 saturated heterocycles. The Bertz CT molecular complexity index is 1050. The number of aliphatic carboxylic acids is 1. The van der Waals surface area contributed by atoms with Crippen molar-refractivity contribution in [2.75, 3.05) is 39.4 Å². The number of nitrogens with zero attached hydrogens (tertiary/aromatic N) is 3. The molecule has 38 heavy (non-hydrogen) atoms. The van der Waals surface area contributed by atoms with Crippen molar-refractivity contribution >= 4 is 11.8 Å². The lowest BCUT2D eigenvalue weighted by Crippen LogP contribution is -2.61. The fourth-order valence-corrected chi connectivity index (χ4v) is 5.17. The standard InChI is InChI=1S/C25H32F5N3O5/c1-4-36-17-10-16(11-18(37-5-2)20(17)24(26,27)25(28,29)30)13-32-14-23(15-32)12-19(31-38-23)33-8-6-22(3,7-9-33)21(34)35/h10-11H,4-9,12-15H2,1-3H3,(H,34,35)/p-1. The van der Waals surface area contributed by atoms with Gasteiger partial charge in [0.05, 0.1) is 19.6 Å². The molecule has 1 aromatic carbocycles. The van der Waals surface area contributed by atoms with Gasteiger partial charge in [0.25, 0.3) is 0 Å². The van der Waals surface area contributed by atoms with E-state index < -0.39 is 46.1 Å². The number of benzene rings is 1. The molecular formula is C25H31F5N3O5-. The Morgan fingerprint density at radius 1 is 1.08 bits per heavy atom. The van der Waals surface area contributed by atoms with Crippen LogP contribution < -0.4 is 14.6 Å². The Kier molecular flexibility index (Phi) is 7.45. The van der Waals surface area contributed by atoms with Crippen LogP contribution in [0.15, 0.2) is 17.3 Å². The molecule has 0 saturated carbocycles. The van der Waals surface area contributed by atoms with E-state index in [4.69, 9.17) is 14.3 Å². The fraction of sp³-hybridized carbons (Fsp3) is 0.680. The maximum absolute atomic E-state index is 14.4. The maximum atomic E-state index is 14.4. The van der Waals surface area contributed by atoms with Crippen molar-refractivity contribution in [2.45, 2.75) is 64.3 Å².